The smallest absolute Gasteiger partial charge is 0.259 e. The van der Waals surface area contributed by atoms with Crippen molar-refractivity contribution in [2.75, 3.05) is 16.8 Å². The van der Waals surface area contributed by atoms with Crippen molar-refractivity contribution >= 4 is 39.9 Å². The molecule has 7 heteroatoms. The predicted molar refractivity (Wildman–Crippen MR) is 165 cm³/mol. The zero-order valence-electron chi connectivity index (χ0n) is 25.0. The highest BCUT2D eigenvalue weighted by Gasteiger charge is 2.61. The molecule has 3 aromatic carbocycles. The lowest BCUT2D eigenvalue weighted by Crippen LogP contribution is -2.53. The van der Waals surface area contributed by atoms with Crippen molar-refractivity contribution < 1.29 is 14.4 Å². The van der Waals surface area contributed by atoms with Crippen molar-refractivity contribution in [2.45, 2.75) is 78.0 Å². The molecule has 7 nitrogen and oxygen atoms in total. The predicted octanol–water partition coefficient (Wildman–Crippen LogP) is 5.55. The van der Waals surface area contributed by atoms with Gasteiger partial charge in [0.1, 0.15) is 6.04 Å². The quantitative estimate of drug-likeness (QED) is 0.368. The maximum Gasteiger partial charge on any atom is 0.259 e. The van der Waals surface area contributed by atoms with Gasteiger partial charge >= 0.3 is 0 Å². The molecule has 2 N–H and O–H groups in total. The molecule has 42 heavy (non-hydrogen) atoms. The second-order valence-corrected chi connectivity index (χ2v) is 13.7. The van der Waals surface area contributed by atoms with Crippen LogP contribution in [0.1, 0.15) is 74.4 Å². The summed E-state index contributed by atoms with van der Waals surface area (Å²) >= 11 is 0. The standard InChI is InChI=1S/C35H40N4O3/c1-34(2)23-16-17-35(34,3)29(18-23)36-19-21-8-11-24(12-9-21)38(4)20-22-10-13-27-31-25(22)6-5-7-26(31)33(42)39(27)28-14-15-30(40)37-32(28)41/h5-13,23,28-29,36H,14-20H2,1-4H3,(H,37,40,41)/t23-,28?,29+,35+/m1/s1. The number of nitrogens with zero attached hydrogens (tertiary/aromatic N) is 2. The number of imide groups is 1. The van der Waals surface area contributed by atoms with Gasteiger partial charge in [0.2, 0.25) is 11.8 Å². The summed E-state index contributed by atoms with van der Waals surface area (Å²) < 4.78 is 0. The monoisotopic (exact) mass is 564 g/mol. The SMILES string of the molecule is CN(Cc1ccc2c3c(cccc13)C(=O)N2C1CCC(=O)NC1=O)c1ccc(CN[C@H]2C[C@H]3CC[C@]2(C)C3(C)C)cc1. The van der Waals surface area contributed by atoms with E-state index in [1.54, 1.807) is 4.90 Å². The summed E-state index contributed by atoms with van der Waals surface area (Å²) in [7, 11) is 2.09. The number of carbonyl (C=O) groups excluding carboxylic acids is 3. The van der Waals surface area contributed by atoms with Gasteiger partial charge in [-0.3, -0.25) is 24.6 Å². The summed E-state index contributed by atoms with van der Waals surface area (Å²) in [6, 6.07) is 18.6. The number of piperidine rings is 1. The van der Waals surface area contributed by atoms with Gasteiger partial charge in [-0.2, -0.15) is 0 Å². The summed E-state index contributed by atoms with van der Waals surface area (Å²) in [5, 5.41) is 8.20. The molecule has 2 heterocycles. The minimum absolute atomic E-state index is 0.178. The molecule has 3 fully saturated rings. The van der Waals surface area contributed by atoms with E-state index in [0.29, 0.717) is 35.4 Å². The Morgan fingerprint density at radius 2 is 1.79 bits per heavy atom. The molecule has 7 rings (SSSR count). The number of nitrogens with one attached hydrogen (secondary N) is 2. The summed E-state index contributed by atoms with van der Waals surface area (Å²) in [5.41, 5.74) is 5.70. The molecule has 1 saturated heterocycles. The van der Waals surface area contributed by atoms with Gasteiger partial charge in [-0.25, -0.2) is 0 Å². The summed E-state index contributed by atoms with van der Waals surface area (Å²) in [5.74, 6) is -0.0351. The Balaban J connectivity index is 1.06. The number of amides is 3. The first kappa shape index (κ1) is 27.1. The number of anilines is 2. The zero-order valence-corrected chi connectivity index (χ0v) is 25.0. The lowest BCUT2D eigenvalue weighted by atomic mass is 9.69. The minimum Gasteiger partial charge on any atom is -0.370 e. The van der Waals surface area contributed by atoms with Gasteiger partial charge in [-0.05, 0) is 83.2 Å². The molecule has 4 atom stereocenters. The van der Waals surface area contributed by atoms with Crippen LogP contribution in [0.15, 0.2) is 54.6 Å². The highest BCUT2D eigenvalue weighted by atomic mass is 16.2. The summed E-state index contributed by atoms with van der Waals surface area (Å²) in [6.45, 7) is 8.98. The highest BCUT2D eigenvalue weighted by Crippen LogP contribution is 2.65. The number of hydrogen-bond donors (Lipinski definition) is 2. The van der Waals surface area contributed by atoms with Crippen LogP contribution in [-0.4, -0.2) is 36.9 Å². The van der Waals surface area contributed by atoms with Crippen molar-refractivity contribution in [3.05, 3.63) is 71.3 Å². The van der Waals surface area contributed by atoms with Crippen molar-refractivity contribution in [3.63, 3.8) is 0 Å². The van der Waals surface area contributed by atoms with Gasteiger partial charge in [-0.1, -0.05) is 51.1 Å². The first-order chi connectivity index (χ1) is 20.1. The van der Waals surface area contributed by atoms with E-state index in [-0.39, 0.29) is 18.2 Å². The third-order valence-corrected chi connectivity index (χ3v) is 11.5. The van der Waals surface area contributed by atoms with Crippen molar-refractivity contribution in [2.24, 2.45) is 16.7 Å². The van der Waals surface area contributed by atoms with Crippen LogP contribution in [0.3, 0.4) is 0 Å². The summed E-state index contributed by atoms with van der Waals surface area (Å²) in [4.78, 5) is 41.6. The van der Waals surface area contributed by atoms with E-state index in [0.717, 1.165) is 40.2 Å². The third-order valence-electron chi connectivity index (χ3n) is 11.5. The van der Waals surface area contributed by atoms with Crippen LogP contribution < -0.4 is 20.4 Å². The van der Waals surface area contributed by atoms with E-state index in [1.807, 2.05) is 18.2 Å². The van der Waals surface area contributed by atoms with E-state index in [2.05, 4.69) is 79.8 Å². The Bertz CT molecular complexity index is 1610. The lowest BCUT2D eigenvalue weighted by Gasteiger charge is -2.39. The number of rotatable bonds is 7. The van der Waals surface area contributed by atoms with Gasteiger partial charge in [0.05, 0.1) is 5.69 Å². The molecule has 2 aliphatic carbocycles. The van der Waals surface area contributed by atoms with Gasteiger partial charge in [0.25, 0.3) is 5.91 Å². The highest BCUT2D eigenvalue weighted by molar-refractivity contribution is 6.27. The van der Waals surface area contributed by atoms with Gasteiger partial charge in [-0.15, -0.1) is 0 Å². The van der Waals surface area contributed by atoms with E-state index < -0.39 is 11.9 Å². The van der Waals surface area contributed by atoms with Crippen molar-refractivity contribution in [3.8, 4) is 0 Å². The topological polar surface area (TPSA) is 81.8 Å². The number of benzene rings is 3. The molecule has 2 bridgehead atoms. The maximum atomic E-state index is 13.5. The van der Waals surface area contributed by atoms with Crippen molar-refractivity contribution in [1.82, 2.24) is 10.6 Å². The Morgan fingerprint density at radius 3 is 2.48 bits per heavy atom. The molecular weight excluding hydrogens is 524 g/mol. The fourth-order valence-electron chi connectivity index (χ4n) is 8.41. The van der Waals surface area contributed by atoms with E-state index in [1.165, 1.54) is 24.8 Å². The number of hydrogen-bond acceptors (Lipinski definition) is 5. The van der Waals surface area contributed by atoms with Crippen LogP contribution in [0, 0.1) is 16.7 Å². The van der Waals surface area contributed by atoms with E-state index in [4.69, 9.17) is 0 Å². The van der Waals surface area contributed by atoms with E-state index >= 15 is 0 Å². The molecule has 0 aromatic heterocycles. The largest absolute Gasteiger partial charge is 0.370 e. The van der Waals surface area contributed by atoms with E-state index in [9.17, 15) is 14.4 Å². The molecule has 218 valence electrons. The molecule has 0 radical (unpaired) electrons. The van der Waals surface area contributed by atoms with Crippen LogP contribution in [0.4, 0.5) is 11.4 Å². The molecule has 4 aliphatic rings. The van der Waals surface area contributed by atoms with Gasteiger partial charge in [0.15, 0.2) is 0 Å². The second kappa shape index (κ2) is 9.66. The Hall–Kier alpha value is -3.71. The first-order valence-corrected chi connectivity index (χ1v) is 15.3. The maximum absolute atomic E-state index is 13.5. The van der Waals surface area contributed by atoms with Crippen LogP contribution in [0.2, 0.25) is 0 Å². The minimum atomic E-state index is -0.675. The fraction of sp³-hybridized carbons (Fsp3) is 0.457. The number of carbonyl (C=O) groups is 3. The Labute approximate surface area is 247 Å². The van der Waals surface area contributed by atoms with Gasteiger partial charge in [0, 0.05) is 49.2 Å². The molecule has 3 aromatic rings. The normalized spacial score (nSPS) is 27.7. The first-order valence-electron chi connectivity index (χ1n) is 15.3. The molecular formula is C35H40N4O3. The van der Waals surface area contributed by atoms with Crippen LogP contribution in [0.25, 0.3) is 10.8 Å². The van der Waals surface area contributed by atoms with Crippen LogP contribution in [0.5, 0.6) is 0 Å². The number of fused-ring (bicyclic) bond motifs is 2. The summed E-state index contributed by atoms with van der Waals surface area (Å²) in [6.07, 6.45) is 4.55. The second-order valence-electron chi connectivity index (χ2n) is 13.7. The van der Waals surface area contributed by atoms with Crippen molar-refractivity contribution in [1.29, 1.82) is 0 Å². The van der Waals surface area contributed by atoms with Crippen LogP contribution in [-0.2, 0) is 22.7 Å². The molecule has 0 spiro atoms. The molecule has 2 aliphatic heterocycles. The average Bonchev–Trinajstić information content (AvgIpc) is 3.46. The fourth-order valence-corrected chi connectivity index (χ4v) is 8.41. The van der Waals surface area contributed by atoms with Gasteiger partial charge < -0.3 is 10.2 Å². The van der Waals surface area contributed by atoms with Crippen LogP contribution >= 0.6 is 0 Å². The zero-order chi connectivity index (χ0) is 29.4. The third kappa shape index (κ3) is 4.00. The Kier molecular flexibility index (Phi) is 6.24. The molecule has 1 unspecified atom stereocenters. The Morgan fingerprint density at radius 1 is 1.00 bits per heavy atom. The lowest BCUT2D eigenvalue weighted by molar-refractivity contribution is -0.134. The average molecular weight is 565 g/mol. The molecule has 2 saturated carbocycles. The molecule has 3 amide bonds.